The molecule has 3 nitrogen and oxygen atoms in total. The van der Waals surface area contributed by atoms with E-state index < -0.39 is 11.2 Å². The monoisotopic (exact) mass is 262 g/mol. The van der Waals surface area contributed by atoms with Gasteiger partial charge < -0.3 is 9.47 Å². The Bertz CT molecular complexity index is 450. The van der Waals surface area contributed by atoms with Gasteiger partial charge in [-0.2, -0.15) is 0 Å². The molecule has 0 fully saturated rings. The van der Waals surface area contributed by atoms with Crippen molar-refractivity contribution in [3.63, 3.8) is 0 Å². The molecule has 104 valence electrons. The summed E-state index contributed by atoms with van der Waals surface area (Å²) in [4.78, 5) is 12.0. The van der Waals surface area contributed by atoms with E-state index in [4.69, 9.17) is 9.47 Å². The molecule has 0 spiro atoms. The zero-order valence-corrected chi connectivity index (χ0v) is 12.3. The molecular formula is C16H22O3. The van der Waals surface area contributed by atoms with Crippen LogP contribution in [-0.4, -0.2) is 17.2 Å². The van der Waals surface area contributed by atoms with Gasteiger partial charge in [0.2, 0.25) is 0 Å². The molecule has 0 N–H and O–H groups in total. The van der Waals surface area contributed by atoms with Gasteiger partial charge in [0, 0.05) is 0 Å². The molecule has 0 atom stereocenters. The zero-order valence-electron chi connectivity index (χ0n) is 12.3. The first-order chi connectivity index (χ1) is 8.64. The van der Waals surface area contributed by atoms with Crippen LogP contribution in [0.3, 0.4) is 0 Å². The second-order valence-electron chi connectivity index (χ2n) is 5.89. The highest BCUT2D eigenvalue weighted by molar-refractivity contribution is 5.79. The number of hydrogen-bond acceptors (Lipinski definition) is 3. The van der Waals surface area contributed by atoms with Crippen molar-refractivity contribution in [2.24, 2.45) is 0 Å². The largest absolute Gasteiger partial charge is 0.476 e. The molecule has 0 bridgehead atoms. The molecule has 1 rings (SSSR count). The van der Waals surface area contributed by atoms with E-state index in [9.17, 15) is 4.79 Å². The molecule has 0 amide bonds. The molecule has 0 aliphatic rings. The normalized spacial score (nSPS) is 11.8. The Morgan fingerprint density at radius 1 is 1.11 bits per heavy atom. The summed E-state index contributed by atoms with van der Waals surface area (Å²) in [7, 11) is 0. The van der Waals surface area contributed by atoms with Crippen LogP contribution in [0.4, 0.5) is 0 Å². The number of hydrogen-bond donors (Lipinski definition) is 0. The van der Waals surface area contributed by atoms with Crippen LogP contribution in [-0.2, 0) is 9.53 Å². The van der Waals surface area contributed by atoms with Gasteiger partial charge in [-0.1, -0.05) is 24.8 Å². The first-order valence-corrected chi connectivity index (χ1v) is 6.29. The highest BCUT2D eigenvalue weighted by Crippen LogP contribution is 2.22. The van der Waals surface area contributed by atoms with Gasteiger partial charge in [0.05, 0.1) is 0 Å². The predicted molar refractivity (Wildman–Crippen MR) is 77.1 cm³/mol. The quantitative estimate of drug-likeness (QED) is 0.774. The van der Waals surface area contributed by atoms with Gasteiger partial charge in [0.25, 0.3) is 0 Å². The fraction of sp³-hybridized carbons (Fsp3) is 0.438. The minimum atomic E-state index is -1.02. The van der Waals surface area contributed by atoms with Crippen LogP contribution in [0.15, 0.2) is 30.8 Å². The Morgan fingerprint density at radius 3 is 2.05 bits per heavy atom. The maximum Gasteiger partial charge on any atom is 0.350 e. The van der Waals surface area contributed by atoms with Crippen LogP contribution in [0.5, 0.6) is 5.75 Å². The molecule has 0 radical (unpaired) electrons. The van der Waals surface area contributed by atoms with E-state index in [0.717, 1.165) is 5.56 Å². The summed E-state index contributed by atoms with van der Waals surface area (Å²) in [6.07, 6.45) is 1.75. The number of carbonyl (C=O) groups is 1. The van der Waals surface area contributed by atoms with Crippen molar-refractivity contribution >= 4 is 12.0 Å². The van der Waals surface area contributed by atoms with Gasteiger partial charge in [-0.05, 0) is 52.3 Å². The Balaban J connectivity index is 2.77. The van der Waals surface area contributed by atoms with Crippen molar-refractivity contribution in [2.75, 3.05) is 0 Å². The summed E-state index contributed by atoms with van der Waals surface area (Å²) in [5, 5.41) is 0. The second-order valence-corrected chi connectivity index (χ2v) is 5.89. The molecule has 0 saturated heterocycles. The summed E-state index contributed by atoms with van der Waals surface area (Å²) in [5.41, 5.74) is -0.546. The summed E-state index contributed by atoms with van der Waals surface area (Å²) in [6, 6.07) is 7.38. The van der Waals surface area contributed by atoms with Crippen molar-refractivity contribution in [2.45, 2.75) is 45.8 Å². The van der Waals surface area contributed by atoms with Crippen molar-refractivity contribution < 1.29 is 14.3 Å². The van der Waals surface area contributed by atoms with Gasteiger partial charge in [-0.15, -0.1) is 0 Å². The molecule has 1 aromatic carbocycles. The maximum atomic E-state index is 12.0. The topological polar surface area (TPSA) is 35.5 Å². The minimum absolute atomic E-state index is 0.382. The maximum absolute atomic E-state index is 12.0. The summed E-state index contributed by atoms with van der Waals surface area (Å²) < 4.78 is 11.0. The van der Waals surface area contributed by atoms with Gasteiger partial charge in [-0.3, -0.25) is 0 Å². The van der Waals surface area contributed by atoms with E-state index >= 15 is 0 Å². The standard InChI is InChI=1S/C16H22O3/c1-7-12-8-10-13(11-9-12)18-16(5,6)14(17)19-15(2,3)4/h7-11H,1H2,2-6H3. The van der Waals surface area contributed by atoms with Gasteiger partial charge in [0.1, 0.15) is 11.4 Å². The lowest BCUT2D eigenvalue weighted by Crippen LogP contribution is -2.43. The van der Waals surface area contributed by atoms with E-state index in [-0.39, 0.29) is 5.97 Å². The SMILES string of the molecule is C=Cc1ccc(OC(C)(C)C(=O)OC(C)(C)C)cc1. The van der Waals surface area contributed by atoms with Gasteiger partial charge in [-0.25, -0.2) is 4.79 Å². The number of ether oxygens (including phenoxy) is 2. The summed E-state index contributed by atoms with van der Waals surface area (Å²) in [5.74, 6) is 0.245. The van der Waals surface area contributed by atoms with Gasteiger partial charge in [0.15, 0.2) is 5.60 Å². The van der Waals surface area contributed by atoms with E-state index in [1.54, 1.807) is 19.9 Å². The molecule has 1 aromatic rings. The van der Waals surface area contributed by atoms with Crippen molar-refractivity contribution in [1.29, 1.82) is 0 Å². The first kappa shape index (κ1) is 15.3. The molecule has 0 unspecified atom stereocenters. The van der Waals surface area contributed by atoms with Crippen molar-refractivity contribution in [3.05, 3.63) is 36.4 Å². The number of carbonyl (C=O) groups excluding carboxylic acids is 1. The lowest BCUT2D eigenvalue weighted by atomic mass is 10.1. The van der Waals surface area contributed by atoms with E-state index in [2.05, 4.69) is 6.58 Å². The average Bonchev–Trinajstić information content (AvgIpc) is 2.27. The van der Waals surface area contributed by atoms with Crippen molar-refractivity contribution in [3.8, 4) is 5.75 Å². The molecular weight excluding hydrogens is 240 g/mol. The molecule has 3 heteroatoms. The van der Waals surface area contributed by atoms with Crippen LogP contribution in [0.25, 0.3) is 6.08 Å². The molecule has 0 heterocycles. The van der Waals surface area contributed by atoms with E-state index in [1.807, 2.05) is 45.0 Å². The molecule has 0 aliphatic carbocycles. The lowest BCUT2D eigenvalue weighted by Gasteiger charge is -2.29. The van der Waals surface area contributed by atoms with E-state index in [0.29, 0.717) is 5.75 Å². The van der Waals surface area contributed by atoms with Crippen molar-refractivity contribution in [1.82, 2.24) is 0 Å². The Labute approximate surface area is 115 Å². The third-order valence-corrected chi connectivity index (χ3v) is 2.38. The average molecular weight is 262 g/mol. The molecule has 0 aromatic heterocycles. The fourth-order valence-electron chi connectivity index (χ4n) is 1.41. The van der Waals surface area contributed by atoms with Gasteiger partial charge >= 0.3 is 5.97 Å². The summed E-state index contributed by atoms with van der Waals surface area (Å²) in [6.45, 7) is 12.6. The molecule has 0 saturated carbocycles. The smallest absolute Gasteiger partial charge is 0.350 e. The highest BCUT2D eigenvalue weighted by Gasteiger charge is 2.34. The second kappa shape index (κ2) is 5.47. The van der Waals surface area contributed by atoms with E-state index in [1.165, 1.54) is 0 Å². The first-order valence-electron chi connectivity index (χ1n) is 6.29. The highest BCUT2D eigenvalue weighted by atomic mass is 16.6. The summed E-state index contributed by atoms with van der Waals surface area (Å²) >= 11 is 0. The van der Waals surface area contributed by atoms with Crippen LogP contribution in [0.2, 0.25) is 0 Å². The number of benzene rings is 1. The van der Waals surface area contributed by atoms with Crippen LogP contribution < -0.4 is 4.74 Å². The third-order valence-electron chi connectivity index (χ3n) is 2.38. The predicted octanol–water partition coefficient (Wildman–Crippen LogP) is 3.83. The number of esters is 1. The Kier molecular flexibility index (Phi) is 4.40. The Morgan fingerprint density at radius 2 is 1.63 bits per heavy atom. The number of rotatable bonds is 4. The fourth-order valence-corrected chi connectivity index (χ4v) is 1.41. The molecule has 0 aliphatic heterocycles. The third kappa shape index (κ3) is 4.78. The Hall–Kier alpha value is -1.77. The minimum Gasteiger partial charge on any atom is -0.476 e. The van der Waals surface area contributed by atoms with Crippen LogP contribution >= 0.6 is 0 Å². The zero-order chi connectivity index (χ0) is 14.7. The van der Waals surface area contributed by atoms with Crippen LogP contribution in [0.1, 0.15) is 40.2 Å². The molecule has 19 heavy (non-hydrogen) atoms. The van der Waals surface area contributed by atoms with Crippen LogP contribution in [0, 0.1) is 0 Å². The lowest BCUT2D eigenvalue weighted by molar-refractivity contribution is -0.170.